The maximum absolute atomic E-state index is 13.2. The summed E-state index contributed by atoms with van der Waals surface area (Å²) >= 11 is 0. The average molecular weight is 367 g/mol. The molecule has 10 nitrogen and oxygen atoms in total. The van der Waals surface area contributed by atoms with E-state index in [0.717, 1.165) is 12.1 Å². The Morgan fingerprint density at radius 3 is 1.76 bits per heavy atom. The molecule has 1 aliphatic heterocycles. The summed E-state index contributed by atoms with van der Waals surface area (Å²) in [6.07, 6.45) is 0. The molecule has 25 heavy (non-hydrogen) atoms. The highest BCUT2D eigenvalue weighted by Crippen LogP contribution is 2.42. The van der Waals surface area contributed by atoms with E-state index in [4.69, 9.17) is 0 Å². The Balaban J connectivity index is 0.00000151. The smallest absolute Gasteiger partial charge is 0.347 e. The molecule has 1 aliphatic rings. The third-order valence-corrected chi connectivity index (χ3v) is 3.47. The van der Waals surface area contributed by atoms with Gasteiger partial charge in [-0.3, -0.25) is 4.74 Å². The lowest BCUT2D eigenvalue weighted by Gasteiger charge is -2.55. The van der Waals surface area contributed by atoms with Crippen LogP contribution in [0.5, 0.6) is 0 Å². The average Bonchev–Trinajstić information content (AvgIpc) is 2.47. The van der Waals surface area contributed by atoms with Crippen molar-refractivity contribution in [2.75, 3.05) is 0 Å². The summed E-state index contributed by atoms with van der Waals surface area (Å²) in [5.74, 6) is -16.3. The van der Waals surface area contributed by atoms with Crippen LogP contribution in [0.2, 0.25) is 0 Å². The van der Waals surface area contributed by atoms with Crippen molar-refractivity contribution < 1.29 is 50.0 Å². The van der Waals surface area contributed by atoms with Crippen LogP contribution in [-0.2, 0) is 11.3 Å². The predicted molar refractivity (Wildman–Crippen MR) is 77.8 cm³/mol. The fourth-order valence-electron chi connectivity index (χ4n) is 2.11. The maximum atomic E-state index is 13.2. The minimum Gasteiger partial charge on any atom is -0.347 e. The molecule has 1 fully saturated rings. The molecule has 0 unspecified atom stereocenters. The zero-order valence-electron chi connectivity index (χ0n) is 13.8. The quantitative estimate of drug-likeness (QED) is 0.262. The zero-order chi connectivity index (χ0) is 19.8. The van der Waals surface area contributed by atoms with Gasteiger partial charge in [0.2, 0.25) is 0 Å². The van der Waals surface area contributed by atoms with E-state index in [1.165, 1.54) is 13.0 Å². The second-order valence-electron chi connectivity index (χ2n) is 5.26. The molecule has 144 valence electrons. The van der Waals surface area contributed by atoms with Crippen LogP contribution in [0.3, 0.4) is 0 Å². The van der Waals surface area contributed by atoms with Crippen LogP contribution in [0.1, 0.15) is 25.0 Å². The number of aryl methyl sites for hydroxylation is 1. The lowest BCUT2D eigenvalue weighted by atomic mass is 10.1. The highest BCUT2D eigenvalue weighted by atomic mass is 19.1. The van der Waals surface area contributed by atoms with E-state index >= 15 is 0 Å². The number of rotatable bonds is 2. The molecule has 11 heteroatoms. The molecule has 0 radical (unpaired) electrons. The Hall–Kier alpha value is -1.25. The Bertz CT molecular complexity index is 592. The van der Waals surface area contributed by atoms with Gasteiger partial charge in [0.1, 0.15) is 5.82 Å². The topological polar surface area (TPSA) is 174 Å². The summed E-state index contributed by atoms with van der Waals surface area (Å²) < 4.78 is 17.0. The van der Waals surface area contributed by atoms with E-state index in [0.29, 0.717) is 0 Å². The van der Waals surface area contributed by atoms with E-state index in [1.54, 1.807) is 0 Å². The van der Waals surface area contributed by atoms with Crippen molar-refractivity contribution in [3.8, 4) is 0 Å². The van der Waals surface area contributed by atoms with Crippen LogP contribution in [-0.4, -0.2) is 69.5 Å². The largest absolute Gasteiger partial charge is 0.356 e. The summed E-state index contributed by atoms with van der Waals surface area (Å²) in [7, 11) is 0. The van der Waals surface area contributed by atoms with Crippen LogP contribution < -0.4 is 0 Å². The van der Waals surface area contributed by atoms with Crippen molar-refractivity contribution >= 4 is 0 Å². The van der Waals surface area contributed by atoms with Gasteiger partial charge in [-0.1, -0.05) is 26.0 Å². The first-order valence-corrected chi connectivity index (χ1v) is 7.24. The molecule has 2 rings (SSSR count). The van der Waals surface area contributed by atoms with Gasteiger partial charge in [0.15, 0.2) is 0 Å². The van der Waals surface area contributed by atoms with Crippen molar-refractivity contribution in [2.24, 2.45) is 0 Å². The summed E-state index contributed by atoms with van der Waals surface area (Å²) in [4.78, 5) is -0.268. The summed E-state index contributed by atoms with van der Waals surface area (Å²) in [5, 5.41) is 76.6. The SMILES string of the molecule is CC.Cc1cc(CN2C(O)(O)C(O)(O)OC(O)(O)C2(O)O)ccc1F. The van der Waals surface area contributed by atoms with Gasteiger partial charge in [-0.15, -0.1) is 0 Å². The Labute approximate surface area is 142 Å². The monoisotopic (exact) mass is 367 g/mol. The molecule has 1 aromatic rings. The Morgan fingerprint density at radius 2 is 1.36 bits per heavy atom. The van der Waals surface area contributed by atoms with Gasteiger partial charge >= 0.3 is 23.8 Å². The van der Waals surface area contributed by atoms with Gasteiger partial charge in [0, 0.05) is 6.54 Å². The van der Waals surface area contributed by atoms with E-state index in [9.17, 15) is 45.2 Å². The number of morpholine rings is 1. The van der Waals surface area contributed by atoms with Gasteiger partial charge in [-0.2, -0.15) is 4.90 Å². The lowest BCUT2D eigenvalue weighted by molar-refractivity contribution is -0.659. The Kier molecular flexibility index (Phi) is 5.94. The molecule has 0 atom stereocenters. The number of ether oxygens (including phenoxy) is 1. The molecule has 0 aromatic heterocycles. The molecular formula is C14H22FNO9. The van der Waals surface area contributed by atoms with Gasteiger partial charge in [0.05, 0.1) is 0 Å². The summed E-state index contributed by atoms with van der Waals surface area (Å²) in [5.41, 5.74) is 0.176. The summed E-state index contributed by atoms with van der Waals surface area (Å²) in [6, 6.07) is 3.30. The van der Waals surface area contributed by atoms with Gasteiger partial charge in [-0.05, 0) is 24.1 Å². The van der Waals surface area contributed by atoms with Crippen molar-refractivity contribution in [2.45, 2.75) is 51.1 Å². The zero-order valence-corrected chi connectivity index (χ0v) is 13.8. The molecule has 0 bridgehead atoms. The van der Waals surface area contributed by atoms with Crippen molar-refractivity contribution in [1.29, 1.82) is 0 Å². The number of nitrogens with zero attached hydrogens (tertiary/aromatic N) is 1. The molecule has 1 saturated heterocycles. The Morgan fingerprint density at radius 1 is 0.920 bits per heavy atom. The minimum atomic E-state index is -4.00. The van der Waals surface area contributed by atoms with Crippen molar-refractivity contribution in [3.05, 3.63) is 35.1 Å². The van der Waals surface area contributed by atoms with Gasteiger partial charge in [0.25, 0.3) is 0 Å². The van der Waals surface area contributed by atoms with E-state index in [-0.39, 0.29) is 16.0 Å². The molecule has 1 heterocycles. The highest BCUT2D eigenvalue weighted by molar-refractivity contribution is 5.24. The van der Waals surface area contributed by atoms with Crippen LogP contribution >= 0.6 is 0 Å². The van der Waals surface area contributed by atoms with Crippen LogP contribution in [0.4, 0.5) is 4.39 Å². The van der Waals surface area contributed by atoms with E-state index in [2.05, 4.69) is 4.74 Å². The van der Waals surface area contributed by atoms with Gasteiger partial charge < -0.3 is 40.9 Å². The van der Waals surface area contributed by atoms with Crippen molar-refractivity contribution in [1.82, 2.24) is 4.90 Å². The first-order chi connectivity index (χ1) is 11.2. The number of halogens is 1. The molecule has 0 aliphatic carbocycles. The summed E-state index contributed by atoms with van der Waals surface area (Å²) in [6.45, 7) is 4.51. The fraction of sp³-hybridized carbons (Fsp3) is 0.571. The van der Waals surface area contributed by atoms with Gasteiger partial charge in [-0.25, -0.2) is 4.39 Å². The van der Waals surface area contributed by atoms with E-state index < -0.39 is 36.1 Å². The first kappa shape index (κ1) is 21.8. The molecule has 0 saturated carbocycles. The molecule has 0 amide bonds. The van der Waals surface area contributed by atoms with Crippen LogP contribution in [0.15, 0.2) is 18.2 Å². The second kappa shape index (κ2) is 6.81. The predicted octanol–water partition coefficient (Wildman–Crippen LogP) is -2.45. The maximum Gasteiger partial charge on any atom is 0.356 e. The number of benzene rings is 1. The normalized spacial score (nSPS) is 23.5. The van der Waals surface area contributed by atoms with Crippen LogP contribution in [0, 0.1) is 12.7 Å². The number of aliphatic hydroxyl groups is 8. The van der Waals surface area contributed by atoms with Crippen molar-refractivity contribution in [3.63, 3.8) is 0 Å². The van der Waals surface area contributed by atoms with Crippen LogP contribution in [0.25, 0.3) is 0 Å². The molecule has 1 aromatic carbocycles. The standard InChI is InChI=1S/C12H16FNO9.C2H6/c1-6-4-7(2-3-8(6)13)5-14-9(15,16)11(19,20)23-12(21,22)10(14,17)18;1-2/h2-4,15-22H,5H2,1H3;1-2H3. The fourth-order valence-corrected chi connectivity index (χ4v) is 2.11. The molecule has 8 N–H and O–H groups in total. The third kappa shape index (κ3) is 3.66. The number of hydrogen-bond acceptors (Lipinski definition) is 10. The minimum absolute atomic E-state index is 0.0531. The molecular weight excluding hydrogens is 345 g/mol. The number of hydrogen-bond donors (Lipinski definition) is 8. The molecule has 0 spiro atoms. The lowest BCUT2D eigenvalue weighted by Crippen LogP contribution is -2.83. The first-order valence-electron chi connectivity index (χ1n) is 7.24. The third-order valence-electron chi connectivity index (χ3n) is 3.47. The second-order valence-corrected chi connectivity index (χ2v) is 5.26. The highest BCUT2D eigenvalue weighted by Gasteiger charge is 2.74. The van der Waals surface area contributed by atoms with E-state index in [1.807, 2.05) is 13.8 Å².